The van der Waals surface area contributed by atoms with Crippen molar-refractivity contribution in [2.24, 2.45) is 0 Å². The van der Waals surface area contributed by atoms with Crippen LogP contribution in [0.1, 0.15) is 26.2 Å². The fraction of sp³-hybridized carbons (Fsp3) is 0.562. The summed E-state index contributed by atoms with van der Waals surface area (Å²) in [5.41, 5.74) is 0.546. The van der Waals surface area contributed by atoms with Crippen molar-refractivity contribution in [3.63, 3.8) is 0 Å². The van der Waals surface area contributed by atoms with Crippen molar-refractivity contribution in [2.45, 2.75) is 37.1 Å². The summed E-state index contributed by atoms with van der Waals surface area (Å²) < 4.78 is 51.4. The number of rotatable bonds is 6. The van der Waals surface area contributed by atoms with Gasteiger partial charge in [0.05, 0.1) is 11.2 Å². The molecule has 1 fully saturated rings. The van der Waals surface area contributed by atoms with E-state index in [-0.39, 0.29) is 29.9 Å². The molecule has 1 aliphatic heterocycles. The molecule has 0 bridgehead atoms. The maximum absolute atomic E-state index is 12.8. The highest BCUT2D eigenvalue weighted by Gasteiger charge is 2.32. The van der Waals surface area contributed by atoms with Crippen molar-refractivity contribution >= 4 is 31.6 Å². The van der Waals surface area contributed by atoms with E-state index in [4.69, 9.17) is 0 Å². The van der Waals surface area contributed by atoms with Crippen LogP contribution in [-0.2, 0) is 24.8 Å². The summed E-state index contributed by atoms with van der Waals surface area (Å²) in [4.78, 5) is 11.5. The van der Waals surface area contributed by atoms with Gasteiger partial charge in [-0.1, -0.05) is 6.92 Å². The largest absolute Gasteiger partial charge is 0.326 e. The van der Waals surface area contributed by atoms with Gasteiger partial charge in [-0.05, 0) is 37.1 Å². The van der Waals surface area contributed by atoms with Crippen molar-refractivity contribution in [3.8, 4) is 0 Å². The quantitative estimate of drug-likeness (QED) is 0.765. The molecule has 0 saturated carbocycles. The van der Waals surface area contributed by atoms with Crippen molar-refractivity contribution in [2.75, 3.05) is 31.7 Å². The number of piperidine rings is 1. The van der Waals surface area contributed by atoms with E-state index in [1.54, 1.807) is 19.1 Å². The molecular weight excluding hydrogens is 378 g/mol. The molecule has 1 amide bonds. The topological polar surface area (TPSA) is 104 Å². The van der Waals surface area contributed by atoms with Gasteiger partial charge < -0.3 is 5.32 Å². The SMILES string of the molecule is CCC(=O)Nc1ccc(S(=O)(=O)N2CCC(N(C)S(C)(=O)=O)CC2)cc1. The number of sulfonamides is 2. The molecule has 0 aromatic heterocycles. The Labute approximate surface area is 155 Å². The molecule has 0 atom stereocenters. The Morgan fingerprint density at radius 3 is 2.15 bits per heavy atom. The zero-order valence-corrected chi connectivity index (χ0v) is 16.8. The smallest absolute Gasteiger partial charge is 0.243 e. The van der Waals surface area contributed by atoms with E-state index in [1.807, 2.05) is 0 Å². The number of hydrogen-bond donors (Lipinski definition) is 1. The molecule has 1 aliphatic rings. The van der Waals surface area contributed by atoms with Crippen molar-refractivity contribution in [1.29, 1.82) is 0 Å². The lowest BCUT2D eigenvalue weighted by molar-refractivity contribution is -0.115. The molecule has 0 radical (unpaired) electrons. The van der Waals surface area contributed by atoms with Crippen molar-refractivity contribution in [1.82, 2.24) is 8.61 Å². The van der Waals surface area contributed by atoms with E-state index in [0.29, 0.717) is 24.9 Å². The van der Waals surface area contributed by atoms with Gasteiger partial charge in [0.25, 0.3) is 0 Å². The van der Waals surface area contributed by atoms with E-state index >= 15 is 0 Å². The van der Waals surface area contributed by atoms with E-state index in [0.717, 1.165) is 6.26 Å². The Balaban J connectivity index is 2.06. The molecule has 0 spiro atoms. The van der Waals surface area contributed by atoms with Crippen LogP contribution in [0.2, 0.25) is 0 Å². The van der Waals surface area contributed by atoms with Crippen molar-refractivity contribution < 1.29 is 21.6 Å². The molecule has 8 nitrogen and oxygen atoms in total. The Morgan fingerprint density at radius 2 is 1.69 bits per heavy atom. The number of benzene rings is 1. The number of carbonyl (C=O) groups is 1. The summed E-state index contributed by atoms with van der Waals surface area (Å²) in [6, 6.07) is 5.86. The van der Waals surface area contributed by atoms with Crippen LogP contribution in [0.25, 0.3) is 0 Å². The molecule has 146 valence electrons. The summed E-state index contributed by atoms with van der Waals surface area (Å²) in [5.74, 6) is -0.141. The highest BCUT2D eigenvalue weighted by atomic mass is 32.2. The Morgan fingerprint density at radius 1 is 1.15 bits per heavy atom. The second-order valence-corrected chi connectivity index (χ2v) is 10.3. The van der Waals surface area contributed by atoms with E-state index < -0.39 is 20.0 Å². The number of hydrogen-bond acceptors (Lipinski definition) is 5. The first kappa shape index (κ1) is 20.8. The van der Waals surface area contributed by atoms with E-state index in [1.165, 1.54) is 27.8 Å². The second kappa shape index (κ2) is 8.03. The lowest BCUT2D eigenvalue weighted by atomic mass is 10.1. The molecule has 1 aromatic rings. The van der Waals surface area contributed by atoms with E-state index in [2.05, 4.69) is 5.32 Å². The highest BCUT2D eigenvalue weighted by Crippen LogP contribution is 2.24. The highest BCUT2D eigenvalue weighted by molar-refractivity contribution is 7.89. The first-order chi connectivity index (χ1) is 12.1. The normalized spacial score (nSPS) is 17.4. The molecule has 0 aliphatic carbocycles. The Hall–Kier alpha value is -1.49. The summed E-state index contributed by atoms with van der Waals surface area (Å²) in [5, 5.41) is 2.67. The molecule has 1 heterocycles. The van der Waals surface area contributed by atoms with Crippen LogP contribution in [-0.4, -0.2) is 63.8 Å². The maximum atomic E-state index is 12.8. The van der Waals surface area contributed by atoms with Gasteiger partial charge in [0.15, 0.2) is 0 Å². The van der Waals surface area contributed by atoms with Crippen LogP contribution in [0.3, 0.4) is 0 Å². The minimum absolute atomic E-state index is 0.141. The van der Waals surface area contributed by atoms with Gasteiger partial charge >= 0.3 is 0 Å². The van der Waals surface area contributed by atoms with Crippen LogP contribution in [0.5, 0.6) is 0 Å². The number of carbonyl (C=O) groups excluding carboxylic acids is 1. The third kappa shape index (κ3) is 4.81. The molecule has 0 unspecified atom stereocenters. The maximum Gasteiger partial charge on any atom is 0.243 e. The lowest BCUT2D eigenvalue weighted by Crippen LogP contribution is -2.46. The third-order valence-electron chi connectivity index (χ3n) is 4.56. The monoisotopic (exact) mass is 403 g/mol. The van der Waals surface area contributed by atoms with Gasteiger partial charge in [-0.2, -0.15) is 4.31 Å². The predicted octanol–water partition coefficient (Wildman–Crippen LogP) is 1.08. The van der Waals surface area contributed by atoms with Crippen LogP contribution in [0.4, 0.5) is 5.69 Å². The number of amides is 1. The molecule has 1 N–H and O–H groups in total. The molecule has 1 saturated heterocycles. The second-order valence-electron chi connectivity index (χ2n) is 6.34. The summed E-state index contributed by atoms with van der Waals surface area (Å²) in [6.07, 6.45) is 2.40. The zero-order chi connectivity index (χ0) is 19.5. The summed E-state index contributed by atoms with van der Waals surface area (Å²) >= 11 is 0. The average molecular weight is 404 g/mol. The van der Waals surface area contributed by atoms with Gasteiger partial charge in [-0.3, -0.25) is 4.79 Å². The van der Waals surface area contributed by atoms with Gasteiger partial charge in [0, 0.05) is 38.3 Å². The van der Waals surface area contributed by atoms with Crippen LogP contribution < -0.4 is 5.32 Å². The summed E-state index contributed by atoms with van der Waals surface area (Å²) in [6.45, 7) is 2.27. The third-order valence-corrected chi connectivity index (χ3v) is 7.82. The predicted molar refractivity (Wildman–Crippen MR) is 99.8 cm³/mol. The van der Waals surface area contributed by atoms with E-state index in [9.17, 15) is 21.6 Å². The van der Waals surface area contributed by atoms with Gasteiger partial charge in [0.1, 0.15) is 0 Å². The molecule has 10 heteroatoms. The summed E-state index contributed by atoms with van der Waals surface area (Å²) in [7, 11) is -5.42. The zero-order valence-electron chi connectivity index (χ0n) is 15.2. The molecule has 26 heavy (non-hydrogen) atoms. The molecule has 1 aromatic carbocycles. The fourth-order valence-electron chi connectivity index (χ4n) is 2.83. The van der Waals surface area contributed by atoms with Crippen LogP contribution >= 0.6 is 0 Å². The standard InChI is InChI=1S/C16H25N3O5S2/c1-4-16(20)17-13-5-7-15(8-6-13)26(23,24)19-11-9-14(10-12-19)18(2)25(3,21)22/h5-8,14H,4,9-12H2,1-3H3,(H,17,20). The van der Waals surface area contributed by atoms with Gasteiger partial charge in [-0.25, -0.2) is 21.1 Å². The number of nitrogens with zero attached hydrogens (tertiary/aromatic N) is 2. The Kier molecular flexibility index (Phi) is 6.43. The van der Waals surface area contributed by atoms with Crippen LogP contribution in [0, 0.1) is 0 Å². The van der Waals surface area contributed by atoms with Gasteiger partial charge in [0.2, 0.25) is 26.0 Å². The van der Waals surface area contributed by atoms with Gasteiger partial charge in [-0.15, -0.1) is 0 Å². The first-order valence-electron chi connectivity index (χ1n) is 8.38. The first-order valence-corrected chi connectivity index (χ1v) is 11.7. The minimum Gasteiger partial charge on any atom is -0.326 e. The van der Waals surface area contributed by atoms with Crippen molar-refractivity contribution in [3.05, 3.63) is 24.3 Å². The Bertz CT molecular complexity index is 842. The number of nitrogens with one attached hydrogen (secondary N) is 1. The average Bonchev–Trinajstić information content (AvgIpc) is 2.60. The minimum atomic E-state index is -3.64. The molecular formula is C16H25N3O5S2. The number of anilines is 1. The van der Waals surface area contributed by atoms with Crippen LogP contribution in [0.15, 0.2) is 29.2 Å². The molecule has 2 rings (SSSR count). The lowest BCUT2D eigenvalue weighted by Gasteiger charge is -2.35. The fourth-order valence-corrected chi connectivity index (χ4v) is 5.05.